The predicted octanol–water partition coefficient (Wildman–Crippen LogP) is 21.4. The quantitative estimate of drug-likeness (QED) is 0.0845. The van der Waals surface area contributed by atoms with E-state index < -0.39 is 0 Å². The number of fused-ring (bicyclic) bond motifs is 3. The zero-order valence-electron chi connectivity index (χ0n) is 46.1. The van der Waals surface area contributed by atoms with Crippen LogP contribution in [0.1, 0.15) is 167 Å². The van der Waals surface area contributed by atoms with Crippen LogP contribution in [-0.4, -0.2) is 0 Å². The maximum atomic E-state index is 2.52. The van der Waals surface area contributed by atoms with Crippen molar-refractivity contribution in [3.8, 4) is 33.4 Å². The van der Waals surface area contributed by atoms with Crippen LogP contribution in [0.2, 0.25) is 0 Å². The van der Waals surface area contributed by atoms with Crippen molar-refractivity contribution in [2.75, 3.05) is 9.80 Å². The summed E-state index contributed by atoms with van der Waals surface area (Å²) >= 11 is 0. The summed E-state index contributed by atoms with van der Waals surface area (Å²) in [5, 5.41) is 0. The molecule has 8 aromatic rings. The second-order valence-electron chi connectivity index (χ2n) is 22.3. The highest BCUT2D eigenvalue weighted by atomic mass is 15.1. The Morgan fingerprint density at radius 2 is 0.644 bits per heavy atom. The fourth-order valence-electron chi connectivity index (χ4n) is 11.3. The molecule has 0 spiro atoms. The number of benzene rings is 8. The van der Waals surface area contributed by atoms with E-state index in [0.717, 1.165) is 61.3 Å². The van der Waals surface area contributed by atoms with Gasteiger partial charge in [-0.3, -0.25) is 0 Å². The lowest BCUT2D eigenvalue weighted by Gasteiger charge is -2.30. The van der Waals surface area contributed by atoms with Gasteiger partial charge in [0.1, 0.15) is 0 Å². The maximum absolute atomic E-state index is 2.52. The van der Waals surface area contributed by atoms with Crippen molar-refractivity contribution in [2.24, 2.45) is 0 Å². The highest BCUT2D eigenvalue weighted by Crippen LogP contribution is 2.51. The van der Waals surface area contributed by atoms with Crippen LogP contribution in [0.3, 0.4) is 0 Å². The average Bonchev–Trinajstić information content (AvgIpc) is 3.67. The summed E-state index contributed by atoms with van der Waals surface area (Å²) in [4.78, 5) is 4.80. The van der Waals surface area contributed by atoms with Gasteiger partial charge < -0.3 is 9.80 Å². The first-order chi connectivity index (χ1) is 35.2. The number of rotatable bonds is 18. The Morgan fingerprint density at radius 3 is 1.01 bits per heavy atom. The van der Waals surface area contributed by atoms with Crippen molar-refractivity contribution >= 4 is 34.1 Å². The van der Waals surface area contributed by atoms with Crippen LogP contribution in [-0.2, 0) is 16.2 Å². The van der Waals surface area contributed by atoms with Gasteiger partial charge in [-0.15, -0.1) is 0 Å². The number of hydrogen-bond acceptors (Lipinski definition) is 2. The normalized spacial score (nSPS) is 13.8. The second kappa shape index (κ2) is 21.1. The monoisotopic (exact) mass is 961 g/mol. The SMILES string of the molecule is CCC(C)c1ccc(N(c2ccc(-c3ccc(N(c4ccc(C(C)CC)cc4)c4ccc(C(C)(CC)CC)cc4)cc3)cc2)c2ccc(-c3ccc4c(c3)C(C)(C)c3cc(C(C)(CC)CC)ccc3-4)cc2)cc1. The summed E-state index contributed by atoms with van der Waals surface area (Å²) in [6.45, 7) is 28.0. The van der Waals surface area contributed by atoms with E-state index in [2.05, 4.69) is 275 Å². The Balaban J connectivity index is 1.01. The number of nitrogens with zero attached hydrogens (tertiary/aromatic N) is 2. The molecule has 8 aromatic carbocycles. The molecule has 2 heteroatoms. The first kappa shape index (κ1) is 51.3. The van der Waals surface area contributed by atoms with Gasteiger partial charge in [0, 0.05) is 39.5 Å². The smallest absolute Gasteiger partial charge is 0.0462 e. The molecule has 0 saturated heterocycles. The van der Waals surface area contributed by atoms with Crippen LogP contribution in [0.4, 0.5) is 34.1 Å². The Hall–Kier alpha value is -6.64. The molecule has 0 aromatic heterocycles. The van der Waals surface area contributed by atoms with Crippen LogP contribution in [0.5, 0.6) is 0 Å². The molecule has 0 bridgehead atoms. The van der Waals surface area contributed by atoms with E-state index in [1.54, 1.807) is 0 Å². The van der Waals surface area contributed by atoms with Gasteiger partial charge in [0.25, 0.3) is 0 Å². The van der Waals surface area contributed by atoms with Crippen molar-refractivity contribution in [3.05, 3.63) is 215 Å². The molecule has 0 aliphatic heterocycles. The maximum Gasteiger partial charge on any atom is 0.0462 e. The van der Waals surface area contributed by atoms with E-state index in [4.69, 9.17) is 0 Å². The lowest BCUT2D eigenvalue weighted by atomic mass is 9.75. The van der Waals surface area contributed by atoms with Crippen molar-refractivity contribution in [1.82, 2.24) is 0 Å². The van der Waals surface area contributed by atoms with Crippen molar-refractivity contribution < 1.29 is 0 Å². The van der Waals surface area contributed by atoms with E-state index in [9.17, 15) is 0 Å². The van der Waals surface area contributed by atoms with Crippen molar-refractivity contribution in [3.63, 3.8) is 0 Å². The molecule has 2 atom stereocenters. The van der Waals surface area contributed by atoms with Gasteiger partial charge in [-0.2, -0.15) is 0 Å². The fourth-order valence-corrected chi connectivity index (χ4v) is 11.3. The summed E-state index contributed by atoms with van der Waals surface area (Å²) < 4.78 is 0. The molecular formula is C71H80N2. The van der Waals surface area contributed by atoms with Gasteiger partial charge in [-0.25, -0.2) is 0 Å². The molecule has 1 aliphatic rings. The molecule has 9 rings (SSSR count). The molecule has 374 valence electrons. The third kappa shape index (κ3) is 9.83. The van der Waals surface area contributed by atoms with E-state index in [1.807, 2.05) is 0 Å². The van der Waals surface area contributed by atoms with E-state index in [0.29, 0.717) is 11.8 Å². The van der Waals surface area contributed by atoms with Crippen LogP contribution in [0.25, 0.3) is 33.4 Å². The lowest BCUT2D eigenvalue weighted by Crippen LogP contribution is -2.21. The van der Waals surface area contributed by atoms with Gasteiger partial charge in [-0.05, 0) is 207 Å². The molecule has 0 heterocycles. The van der Waals surface area contributed by atoms with Crippen LogP contribution in [0, 0.1) is 0 Å². The third-order valence-electron chi connectivity index (χ3n) is 18.0. The molecule has 0 radical (unpaired) electrons. The van der Waals surface area contributed by atoms with Crippen LogP contribution >= 0.6 is 0 Å². The number of anilines is 6. The van der Waals surface area contributed by atoms with E-state index in [1.165, 1.54) is 78.1 Å². The summed E-state index contributed by atoms with van der Waals surface area (Å²) in [5.41, 5.74) is 23.2. The lowest BCUT2D eigenvalue weighted by molar-refractivity contribution is 0.438. The Labute approximate surface area is 440 Å². The van der Waals surface area contributed by atoms with Crippen molar-refractivity contribution in [1.29, 1.82) is 0 Å². The molecule has 2 nitrogen and oxygen atoms in total. The van der Waals surface area contributed by atoms with Gasteiger partial charge in [0.2, 0.25) is 0 Å². The summed E-state index contributed by atoms with van der Waals surface area (Å²) in [5.74, 6) is 1.04. The molecule has 73 heavy (non-hydrogen) atoms. The highest BCUT2D eigenvalue weighted by Gasteiger charge is 2.37. The van der Waals surface area contributed by atoms with Crippen LogP contribution < -0.4 is 9.80 Å². The standard InChI is InChI=1S/C71H80N2/c1-13-49(7)51-19-33-59(34-20-51)72(63-41-27-55(28-42-63)56-29-45-65-66-46-32-58(71(12,17-5)18-6)48-68(66)69(9,10)67(65)47-56)61-37-23-53(24-38-61)54-25-39-62(40-26-54)73(60-35-21-52(22-36-60)50(8)14-2)64-43-30-57(31-44-64)70(11,15-3)16-4/h19-50H,13-18H2,1-12H3. The molecule has 0 saturated carbocycles. The van der Waals surface area contributed by atoms with Gasteiger partial charge in [0.15, 0.2) is 0 Å². The fraction of sp³-hybridized carbons (Fsp3) is 0.324. The topological polar surface area (TPSA) is 6.48 Å². The summed E-state index contributed by atoms with van der Waals surface area (Å²) in [7, 11) is 0. The largest absolute Gasteiger partial charge is 0.311 e. The zero-order chi connectivity index (χ0) is 51.7. The Morgan fingerprint density at radius 1 is 0.356 bits per heavy atom. The van der Waals surface area contributed by atoms with Crippen molar-refractivity contribution in [2.45, 2.75) is 150 Å². The first-order valence-corrected chi connectivity index (χ1v) is 27.7. The van der Waals surface area contributed by atoms with E-state index >= 15 is 0 Å². The minimum Gasteiger partial charge on any atom is -0.311 e. The third-order valence-corrected chi connectivity index (χ3v) is 18.0. The minimum atomic E-state index is -0.0796. The second-order valence-corrected chi connectivity index (χ2v) is 22.3. The average molecular weight is 961 g/mol. The Kier molecular flexibility index (Phi) is 14.8. The van der Waals surface area contributed by atoms with Gasteiger partial charge in [0.05, 0.1) is 0 Å². The first-order valence-electron chi connectivity index (χ1n) is 27.7. The predicted molar refractivity (Wildman–Crippen MR) is 318 cm³/mol. The molecule has 2 unspecified atom stereocenters. The number of hydrogen-bond donors (Lipinski definition) is 0. The van der Waals surface area contributed by atoms with Gasteiger partial charge in [-0.1, -0.05) is 186 Å². The molecule has 1 aliphatic carbocycles. The van der Waals surface area contributed by atoms with Crippen LogP contribution in [0.15, 0.2) is 182 Å². The minimum absolute atomic E-state index is 0.0796. The molecule has 0 amide bonds. The molecular weight excluding hydrogens is 881 g/mol. The summed E-state index contributed by atoms with van der Waals surface area (Å²) in [6, 6.07) is 69.5. The van der Waals surface area contributed by atoms with E-state index in [-0.39, 0.29) is 16.2 Å². The zero-order valence-corrected chi connectivity index (χ0v) is 46.1. The van der Waals surface area contributed by atoms with Gasteiger partial charge >= 0.3 is 0 Å². The highest BCUT2D eigenvalue weighted by molar-refractivity contribution is 5.86. The summed E-state index contributed by atoms with van der Waals surface area (Å²) in [6.07, 6.45) is 6.76. The molecule has 0 fully saturated rings. The Bertz CT molecular complexity index is 3110. The molecule has 0 N–H and O–H groups in total.